The lowest BCUT2D eigenvalue weighted by Crippen LogP contribution is -2.65. The molecule has 414 valence electrons. The number of aliphatic hydroxyl groups is 7. The first-order chi connectivity index (χ1) is 37.3. The Bertz CT molecular complexity index is 3420. The van der Waals surface area contributed by atoms with Gasteiger partial charge in [-0.25, -0.2) is 15.0 Å². The molecule has 3 aromatic heterocycles. The number of aryl methyl sites for hydroxylation is 4. The van der Waals surface area contributed by atoms with Crippen LogP contribution in [0.1, 0.15) is 105 Å². The van der Waals surface area contributed by atoms with Crippen LogP contribution in [0.5, 0.6) is 11.5 Å². The van der Waals surface area contributed by atoms with Gasteiger partial charge in [-0.2, -0.15) is 0 Å². The Hall–Kier alpha value is -7.03. The number of aromatic amines is 2. The van der Waals surface area contributed by atoms with Gasteiger partial charge in [0, 0.05) is 34.3 Å². The van der Waals surface area contributed by atoms with Gasteiger partial charge in [-0.1, -0.05) is 46.8 Å². The number of fused-ring (bicyclic) bond motifs is 8. The average Bonchev–Trinajstić information content (AvgIpc) is 4.23. The second-order valence-electron chi connectivity index (χ2n) is 19.6. The van der Waals surface area contributed by atoms with E-state index in [1.807, 2.05) is 60.6 Å². The molecule has 0 spiro atoms. The summed E-state index contributed by atoms with van der Waals surface area (Å²) < 4.78 is 23.0. The third-order valence-electron chi connectivity index (χ3n) is 15.2. The minimum atomic E-state index is -1.99. The van der Waals surface area contributed by atoms with Gasteiger partial charge in [0.25, 0.3) is 0 Å². The molecule has 7 heterocycles. The Morgan fingerprint density at radius 2 is 1.27 bits per heavy atom. The molecule has 0 amide bonds. The fraction of sp³-hybridized carbons (Fsp3) is 0.436. The molecule has 23 nitrogen and oxygen atoms in total. The molecule has 5 aromatic rings. The molecule has 0 radical (unpaired) electrons. The molecule has 4 aliphatic heterocycles. The van der Waals surface area contributed by atoms with E-state index in [4.69, 9.17) is 33.9 Å². The van der Waals surface area contributed by atoms with Gasteiger partial charge in [0.2, 0.25) is 6.29 Å². The van der Waals surface area contributed by atoms with Crippen molar-refractivity contribution in [3.8, 4) is 22.6 Å². The average molecular weight is 1080 g/mol. The van der Waals surface area contributed by atoms with Gasteiger partial charge in [0.05, 0.1) is 45.7 Å². The van der Waals surface area contributed by atoms with Gasteiger partial charge in [0.1, 0.15) is 54.5 Å². The molecule has 2 aromatic carbocycles. The molecule has 10 N–H and O–H groups in total. The Kier molecular flexibility index (Phi) is 16.0. The van der Waals surface area contributed by atoms with Crippen molar-refractivity contribution in [2.45, 2.75) is 142 Å². The number of phenolic OH excluding ortho intramolecular Hbond substituents is 1. The summed E-state index contributed by atoms with van der Waals surface area (Å²) in [6.07, 6.45) is -14.7. The molecule has 2 saturated heterocycles. The van der Waals surface area contributed by atoms with E-state index >= 15 is 0 Å². The summed E-state index contributed by atoms with van der Waals surface area (Å²) in [5, 5.41) is 110. The normalized spacial score (nSPS) is 24.5. The molecular formula is C55H63N7O16. The number of nitrogens with one attached hydrogen (secondary N) is 2. The topological polar surface area (TPSA) is 355 Å². The summed E-state index contributed by atoms with van der Waals surface area (Å²) in [5.74, 6) is -0.573. The zero-order valence-corrected chi connectivity index (χ0v) is 43.9. The summed E-state index contributed by atoms with van der Waals surface area (Å²) in [4.78, 5) is 46.9. The predicted molar refractivity (Wildman–Crippen MR) is 285 cm³/mol. The Morgan fingerprint density at radius 1 is 0.641 bits per heavy atom. The lowest BCUT2D eigenvalue weighted by Gasteiger charge is -2.45. The van der Waals surface area contributed by atoms with Crippen molar-refractivity contribution in [1.82, 2.24) is 24.9 Å². The number of nitro benzene ring substituents is 2. The first-order valence-corrected chi connectivity index (χ1v) is 25.9. The van der Waals surface area contributed by atoms with E-state index < -0.39 is 102 Å². The van der Waals surface area contributed by atoms with Crippen LogP contribution in [0.15, 0.2) is 48.5 Å². The number of benzene rings is 2. The first kappa shape index (κ1) is 55.7. The lowest BCUT2D eigenvalue weighted by molar-refractivity contribution is -0.387. The standard InChI is InChI=1S/C55H63N7O16/c1-8-27-23(6)32-19-33-24(7)42(25-13-15-38(65)36(17-25)61(71)72)53(58-33)60-52-31(12-5)29(10-3)35(59-52)20-34-28(9-2)30(11-4)45(57-34)43(44(27)56-32)26-14-16-39(37(18-26)62(73)74)75-54-50(70)48(68)51(41(22-64)77-54)78-55-49(69)47(67)46(66)40(21-63)76-55/h13-20,40-41,46-51,54-56,63-70H,8-12,21-22H2,1-7H3,(H,58,59,60)/t40-,41-,46+,47+,48-,49-,50-,51+,54-,55+/m1/s1. The van der Waals surface area contributed by atoms with Crippen molar-refractivity contribution in [1.29, 1.82) is 0 Å². The van der Waals surface area contributed by atoms with Crippen LogP contribution in [0.4, 0.5) is 11.4 Å². The van der Waals surface area contributed by atoms with E-state index in [0.29, 0.717) is 99.5 Å². The van der Waals surface area contributed by atoms with Crippen LogP contribution in [0.25, 0.3) is 55.6 Å². The van der Waals surface area contributed by atoms with Gasteiger partial charge in [-0.05, 0) is 120 Å². The number of nitro groups is 2. The summed E-state index contributed by atoms with van der Waals surface area (Å²) in [5.41, 5.74) is 11.2. The predicted octanol–water partition coefficient (Wildman–Crippen LogP) is 5.61. The summed E-state index contributed by atoms with van der Waals surface area (Å²) >= 11 is 0. The molecule has 2 fully saturated rings. The highest BCUT2D eigenvalue weighted by Gasteiger charge is 2.51. The molecular weight excluding hydrogens is 1010 g/mol. The van der Waals surface area contributed by atoms with E-state index in [-0.39, 0.29) is 5.75 Å². The van der Waals surface area contributed by atoms with Gasteiger partial charge in [-0.15, -0.1) is 0 Å². The zero-order valence-electron chi connectivity index (χ0n) is 43.9. The smallest absolute Gasteiger partial charge is 0.311 e. The van der Waals surface area contributed by atoms with Crippen molar-refractivity contribution in [3.63, 3.8) is 0 Å². The molecule has 0 saturated carbocycles. The monoisotopic (exact) mass is 1080 g/mol. The quantitative estimate of drug-likeness (QED) is 0.0450. The third kappa shape index (κ3) is 9.73. The maximum absolute atomic E-state index is 13.2. The summed E-state index contributed by atoms with van der Waals surface area (Å²) in [6.45, 7) is 12.3. The summed E-state index contributed by atoms with van der Waals surface area (Å²) in [7, 11) is 0. The fourth-order valence-electron chi connectivity index (χ4n) is 11.1. The molecule has 4 aliphatic rings. The van der Waals surface area contributed by atoms with Crippen LogP contribution in [0, 0.1) is 27.2 Å². The van der Waals surface area contributed by atoms with Crippen molar-refractivity contribution < 1.29 is 69.6 Å². The van der Waals surface area contributed by atoms with Crippen LogP contribution in [-0.4, -0.2) is 150 Å². The molecule has 0 aliphatic carbocycles. The maximum atomic E-state index is 13.2. The minimum absolute atomic E-state index is 0.294. The molecule has 23 heteroatoms. The molecule has 0 unspecified atom stereocenters. The number of rotatable bonds is 15. The minimum Gasteiger partial charge on any atom is -0.502 e. The van der Waals surface area contributed by atoms with Crippen molar-refractivity contribution in [3.05, 3.63) is 119 Å². The fourth-order valence-corrected chi connectivity index (χ4v) is 11.1. The number of aromatic hydroxyl groups is 1. The Labute approximate surface area is 446 Å². The molecule has 10 atom stereocenters. The van der Waals surface area contributed by atoms with Gasteiger partial charge in [-0.3, -0.25) is 20.2 Å². The summed E-state index contributed by atoms with van der Waals surface area (Å²) in [6, 6.07) is 12.3. The Balaban J connectivity index is 1.24. The van der Waals surface area contributed by atoms with E-state index in [1.165, 1.54) is 24.3 Å². The zero-order chi connectivity index (χ0) is 56.2. The van der Waals surface area contributed by atoms with E-state index in [2.05, 4.69) is 9.97 Å². The van der Waals surface area contributed by atoms with Crippen molar-refractivity contribution >= 4 is 55.9 Å². The number of H-pyrrole nitrogens is 2. The third-order valence-corrected chi connectivity index (χ3v) is 15.2. The van der Waals surface area contributed by atoms with E-state index in [1.54, 1.807) is 12.1 Å². The number of hydrogen-bond acceptors (Lipinski definition) is 19. The number of ether oxygens (including phenoxy) is 4. The number of aliphatic hydroxyl groups excluding tert-OH is 7. The first-order valence-electron chi connectivity index (χ1n) is 25.9. The van der Waals surface area contributed by atoms with Gasteiger partial charge < -0.3 is 69.8 Å². The van der Waals surface area contributed by atoms with E-state index in [0.717, 1.165) is 38.9 Å². The SMILES string of the molecule is CCC1=C(CC)c2nc1cc1[nH]c(nc3nc(cc4[nH]c(c(CC)c4C)c2-c2ccc(O[C@@H]4O[C@H](CO)[C@H](O[C@@H]5O[C@H](CO)[C@H](O)[C@H](O)[C@H]5O)[C@H](O)[C@H]4O)c([N+](=O)[O-])c2)C(C)=C3c2ccc(O)c([N+](=O)[O-])c2)c(CC)c1CC. The van der Waals surface area contributed by atoms with Gasteiger partial charge in [0.15, 0.2) is 23.6 Å². The molecule has 8 bridgehead atoms. The molecule has 78 heavy (non-hydrogen) atoms. The lowest BCUT2D eigenvalue weighted by atomic mass is 9.93. The van der Waals surface area contributed by atoms with Crippen LogP contribution in [-0.2, 0) is 33.5 Å². The van der Waals surface area contributed by atoms with Crippen molar-refractivity contribution in [2.75, 3.05) is 13.2 Å². The van der Waals surface area contributed by atoms with E-state index in [9.17, 15) is 61.1 Å². The Morgan fingerprint density at radius 3 is 1.91 bits per heavy atom. The number of aromatic nitrogens is 5. The number of phenols is 1. The number of allylic oxidation sites excluding steroid dienone is 3. The van der Waals surface area contributed by atoms with Crippen LogP contribution in [0.2, 0.25) is 0 Å². The van der Waals surface area contributed by atoms with Crippen LogP contribution < -0.4 is 4.74 Å². The molecule has 9 rings (SSSR count). The number of nitrogens with zero attached hydrogens (tertiary/aromatic N) is 5. The van der Waals surface area contributed by atoms with Gasteiger partial charge >= 0.3 is 11.4 Å². The highest BCUT2D eigenvalue weighted by atomic mass is 16.7. The highest BCUT2D eigenvalue weighted by Crippen LogP contribution is 2.46. The van der Waals surface area contributed by atoms with Crippen molar-refractivity contribution in [2.24, 2.45) is 0 Å². The van der Waals surface area contributed by atoms with Crippen LogP contribution >= 0.6 is 0 Å². The highest BCUT2D eigenvalue weighted by molar-refractivity contribution is 6.03. The van der Waals surface area contributed by atoms with Crippen LogP contribution in [0.3, 0.4) is 0 Å². The largest absolute Gasteiger partial charge is 0.502 e. The number of hydrogen-bond donors (Lipinski definition) is 10. The maximum Gasteiger partial charge on any atom is 0.311 e. The second-order valence-corrected chi connectivity index (χ2v) is 19.6. The second kappa shape index (κ2) is 22.4.